The minimum atomic E-state index is -8.05. The molecule has 0 saturated carbocycles. The smallest absolute Gasteiger partial charge is 0.198 e. The number of halogens is 28. The van der Waals surface area contributed by atoms with Gasteiger partial charge in [-0.05, 0) is 21.5 Å². The monoisotopic (exact) mass is 1100 g/mol. The average molecular weight is 1100 g/mol. The third kappa shape index (κ3) is 6.93. The lowest BCUT2D eigenvalue weighted by Gasteiger charge is -2.47. The zero-order valence-electron chi connectivity index (χ0n) is 34.6. The molecule has 390 valence electrons. The minimum absolute atomic E-state index is 2.00. The van der Waals surface area contributed by atoms with Crippen LogP contribution in [-0.4, -0.2) is 6.15 Å². The summed E-state index contributed by atoms with van der Waals surface area (Å²) in [5, 5.41) is -27.0. The number of hydrogen-bond acceptors (Lipinski definition) is 0. The highest BCUT2D eigenvalue weighted by atomic mass is 19.2. The van der Waals surface area contributed by atoms with Gasteiger partial charge in [0, 0.05) is 0 Å². The molecule has 0 nitrogen and oxygen atoms in total. The maximum Gasteiger partial charge on any atom is 0.198 e. The van der Waals surface area contributed by atoms with E-state index in [0.717, 1.165) is 0 Å². The number of benzene rings is 9. The van der Waals surface area contributed by atoms with Crippen molar-refractivity contribution in [2.24, 2.45) is 0 Å². The molecule has 0 N–H and O–H groups in total. The van der Waals surface area contributed by atoms with Crippen molar-refractivity contribution < 1.29 is 123 Å². The van der Waals surface area contributed by atoms with Gasteiger partial charge in [-0.3, -0.25) is 0 Å². The lowest BCUT2D eigenvalue weighted by atomic mass is 9.11. The first-order valence-corrected chi connectivity index (χ1v) is 19.4. The Morgan fingerprint density at radius 1 is 0.133 bits per heavy atom. The van der Waals surface area contributed by atoms with Crippen LogP contribution in [0.2, 0.25) is 0 Å². The summed E-state index contributed by atoms with van der Waals surface area (Å²) in [6.45, 7) is 0. The van der Waals surface area contributed by atoms with Crippen molar-refractivity contribution in [3.05, 3.63) is 199 Å². The molecule has 0 bridgehead atoms. The molecule has 9 aromatic carbocycles. The molecule has 0 unspecified atom stereocenters. The Morgan fingerprint density at radius 3 is 0.373 bits per heavy atom. The van der Waals surface area contributed by atoms with Crippen molar-refractivity contribution in [1.82, 2.24) is 0 Å². The summed E-state index contributed by atoms with van der Waals surface area (Å²) in [5.74, 6) is -104. The Bertz CT molecular complexity index is 3500. The molecular formula is C46H6BF28-. The van der Waals surface area contributed by atoms with E-state index >= 15 is 105 Å². The Labute approximate surface area is 393 Å². The zero-order chi connectivity index (χ0) is 55.8. The van der Waals surface area contributed by atoms with Crippen molar-refractivity contribution in [2.75, 3.05) is 0 Å². The highest BCUT2D eigenvalue weighted by Crippen LogP contribution is 2.42. The van der Waals surface area contributed by atoms with Gasteiger partial charge in [-0.15, -0.1) is 21.9 Å². The zero-order valence-corrected chi connectivity index (χ0v) is 34.6. The second-order valence-corrected chi connectivity index (χ2v) is 15.5. The topological polar surface area (TPSA) is 0 Å². The number of rotatable bonds is 4. The first-order valence-electron chi connectivity index (χ1n) is 19.4. The third-order valence-electron chi connectivity index (χ3n) is 11.9. The first kappa shape index (κ1) is 53.4. The second-order valence-electron chi connectivity index (χ2n) is 15.5. The summed E-state index contributed by atoms with van der Waals surface area (Å²) in [6.07, 6.45) is -8.05. The fourth-order valence-electron chi connectivity index (χ4n) is 8.98. The largest absolute Gasteiger partial charge is 0.207 e. The predicted molar refractivity (Wildman–Crippen MR) is 205 cm³/mol. The van der Waals surface area contributed by atoms with E-state index in [1.54, 1.807) is 0 Å². The molecule has 9 rings (SSSR count). The standard InChI is InChI=1S/C40BF28.C6H6/c42-13-1-5(21(50)37(66)33(13)62)17(46)29(58)25(54)9(1)41(10-2-6(18(47)30(59)26(10)55)22(51)38(67)34(63)14(2)43,11-3-7(19(48)31(60)27(11)56)23(52)39(68)35(64)15(3)44)12-4-8(20(49)32(61)28(12)57)24(53)40(69)36(65)16(4)45;1-2-4-6-5-3-1/h;1-6H/q-1;. The van der Waals surface area contributed by atoms with Gasteiger partial charge in [0.05, 0.1) is 21.5 Å². The van der Waals surface area contributed by atoms with Crippen LogP contribution in [0.3, 0.4) is 0 Å². The Morgan fingerprint density at radius 2 is 0.240 bits per heavy atom. The molecule has 0 amide bonds. The quantitative estimate of drug-likeness (QED) is 0.0713. The Balaban J connectivity index is 0.00000116. The third-order valence-corrected chi connectivity index (χ3v) is 11.9. The van der Waals surface area contributed by atoms with E-state index in [2.05, 4.69) is 0 Å². The van der Waals surface area contributed by atoms with E-state index in [-0.39, 0.29) is 0 Å². The fraction of sp³-hybridized carbons (Fsp3) is 0. The molecule has 0 radical (unpaired) electrons. The van der Waals surface area contributed by atoms with Crippen LogP contribution in [0.1, 0.15) is 0 Å². The van der Waals surface area contributed by atoms with E-state index < -0.39 is 234 Å². The van der Waals surface area contributed by atoms with Crippen LogP contribution in [0, 0.1) is 163 Å². The van der Waals surface area contributed by atoms with E-state index in [0.29, 0.717) is 0 Å². The molecule has 0 aromatic heterocycles. The molecule has 75 heavy (non-hydrogen) atoms. The van der Waals surface area contributed by atoms with E-state index in [9.17, 15) is 17.6 Å². The lowest BCUT2D eigenvalue weighted by Crippen LogP contribution is -2.79. The van der Waals surface area contributed by atoms with Crippen LogP contribution in [0.15, 0.2) is 36.4 Å². The van der Waals surface area contributed by atoms with Gasteiger partial charge < -0.3 is 0 Å². The van der Waals surface area contributed by atoms with Crippen LogP contribution < -0.4 is 21.9 Å². The maximum absolute atomic E-state index is 17.3. The molecule has 0 aliphatic heterocycles. The SMILES string of the molecule is Fc1c(F)c(F)c2c([B-](c3c(F)c(F)c(F)c4c(F)c(F)c(F)c(F)c34)(c3c(F)c(F)c(F)c4c(F)c(F)c(F)c(F)c34)c3c(F)c(F)c(F)c4c(F)c(F)c(F)c(F)c34)c(F)c(F)c(F)c2c1F.c1ccccc1. The average Bonchev–Trinajstić information content (AvgIpc) is 3.39. The van der Waals surface area contributed by atoms with E-state index in [4.69, 9.17) is 0 Å². The molecule has 0 fully saturated rings. The van der Waals surface area contributed by atoms with Crippen molar-refractivity contribution in [3.8, 4) is 0 Å². The van der Waals surface area contributed by atoms with Crippen molar-refractivity contribution >= 4 is 71.1 Å². The fourth-order valence-corrected chi connectivity index (χ4v) is 8.98. The summed E-state index contributed by atoms with van der Waals surface area (Å²) in [6, 6.07) is 12.0. The lowest BCUT2D eigenvalue weighted by molar-refractivity contribution is 0.410. The maximum atomic E-state index is 17.3. The molecule has 0 aliphatic rings. The number of fused-ring (bicyclic) bond motifs is 4. The summed E-state index contributed by atoms with van der Waals surface area (Å²) >= 11 is 0. The van der Waals surface area contributed by atoms with Gasteiger partial charge in [-0.25, -0.2) is 123 Å². The molecule has 9 aromatic rings. The number of hydrogen-bond donors (Lipinski definition) is 0. The van der Waals surface area contributed by atoms with Crippen LogP contribution in [0.4, 0.5) is 123 Å². The van der Waals surface area contributed by atoms with Gasteiger partial charge in [0.2, 0.25) is 0 Å². The first-order chi connectivity index (χ1) is 35.0. The molecule has 0 spiro atoms. The molecular weight excluding hydrogens is 1100 g/mol. The summed E-state index contributed by atoms with van der Waals surface area (Å²) in [4.78, 5) is 0. The molecule has 0 saturated heterocycles. The predicted octanol–water partition coefficient (Wildman–Crippen LogP) is 13.3. The van der Waals surface area contributed by atoms with Crippen LogP contribution in [-0.2, 0) is 0 Å². The van der Waals surface area contributed by atoms with Gasteiger partial charge in [0.1, 0.15) is 29.4 Å². The highest BCUT2D eigenvalue weighted by molar-refractivity contribution is 7.23. The summed E-state index contributed by atoms with van der Waals surface area (Å²) in [5.41, 5.74) is -15.5. The normalized spacial score (nSPS) is 12.0. The summed E-state index contributed by atoms with van der Waals surface area (Å²) < 4.78 is 446. The van der Waals surface area contributed by atoms with E-state index in [1.807, 2.05) is 36.4 Å². The van der Waals surface area contributed by atoms with Crippen molar-refractivity contribution in [3.63, 3.8) is 0 Å². The second kappa shape index (κ2) is 18.2. The van der Waals surface area contributed by atoms with Gasteiger partial charge in [-0.2, -0.15) is 0 Å². The van der Waals surface area contributed by atoms with Gasteiger partial charge in [0.25, 0.3) is 0 Å². The molecule has 29 heteroatoms. The summed E-state index contributed by atoms with van der Waals surface area (Å²) in [7, 11) is 0. The highest BCUT2D eigenvalue weighted by Gasteiger charge is 2.52. The Hall–Kier alpha value is -7.88. The van der Waals surface area contributed by atoms with E-state index in [1.165, 1.54) is 0 Å². The van der Waals surface area contributed by atoms with Crippen molar-refractivity contribution in [2.45, 2.75) is 0 Å². The van der Waals surface area contributed by atoms with Gasteiger partial charge in [-0.1, -0.05) is 36.4 Å². The van der Waals surface area contributed by atoms with Crippen LogP contribution in [0.5, 0.6) is 0 Å². The minimum Gasteiger partial charge on any atom is -0.207 e. The van der Waals surface area contributed by atoms with Crippen LogP contribution >= 0.6 is 0 Å². The van der Waals surface area contributed by atoms with Gasteiger partial charge >= 0.3 is 0 Å². The van der Waals surface area contributed by atoms with Gasteiger partial charge in [0.15, 0.2) is 140 Å². The molecule has 0 atom stereocenters. The molecule has 0 aliphatic carbocycles. The molecule has 0 heterocycles. The Kier molecular flexibility index (Phi) is 13.0. The van der Waals surface area contributed by atoms with Crippen molar-refractivity contribution in [1.29, 1.82) is 0 Å². The van der Waals surface area contributed by atoms with Crippen LogP contribution in [0.25, 0.3) is 43.1 Å².